The molecular weight excluding hydrogens is 206 g/mol. The Kier molecular flexibility index (Phi) is 4.70. The predicted octanol–water partition coefficient (Wildman–Crippen LogP) is -0.296. The zero-order valence-corrected chi connectivity index (χ0v) is 10.3. The van der Waals surface area contributed by atoms with Gasteiger partial charge in [0.2, 0.25) is 0 Å². The topological polar surface area (TPSA) is 78.6 Å². The maximum atomic E-state index is 11.7. The van der Waals surface area contributed by atoms with Crippen LogP contribution in [0.15, 0.2) is 0 Å². The fourth-order valence-electron chi connectivity index (χ4n) is 2.39. The first-order valence-corrected chi connectivity index (χ1v) is 5.90. The van der Waals surface area contributed by atoms with Gasteiger partial charge in [0, 0.05) is 13.1 Å². The Morgan fingerprint density at radius 1 is 1.56 bits per heavy atom. The van der Waals surface area contributed by atoms with E-state index in [9.17, 15) is 9.90 Å². The third-order valence-electron chi connectivity index (χ3n) is 3.33. The van der Waals surface area contributed by atoms with Crippen molar-refractivity contribution in [3.05, 3.63) is 0 Å². The Bertz CT molecular complexity index is 245. The molecule has 1 amide bonds. The number of hydrazine groups is 1. The van der Waals surface area contributed by atoms with Crippen molar-refractivity contribution >= 4 is 5.91 Å². The van der Waals surface area contributed by atoms with Gasteiger partial charge in [-0.25, -0.2) is 5.84 Å². The van der Waals surface area contributed by atoms with Crippen LogP contribution in [0.1, 0.15) is 27.2 Å². The van der Waals surface area contributed by atoms with Crippen LogP contribution < -0.4 is 11.3 Å². The molecule has 5 heteroatoms. The van der Waals surface area contributed by atoms with E-state index in [1.807, 2.05) is 20.8 Å². The van der Waals surface area contributed by atoms with Crippen molar-refractivity contribution in [2.45, 2.75) is 39.3 Å². The minimum Gasteiger partial charge on any atom is -0.393 e. The molecular formula is C11H23N3O2. The van der Waals surface area contributed by atoms with Crippen LogP contribution in [-0.4, -0.2) is 41.1 Å². The maximum Gasteiger partial charge on any atom is 0.251 e. The lowest BCUT2D eigenvalue weighted by Gasteiger charge is -2.40. The zero-order valence-electron chi connectivity index (χ0n) is 10.3. The fraction of sp³-hybridized carbons (Fsp3) is 0.909. The number of hydrogen-bond donors (Lipinski definition) is 3. The molecule has 5 nitrogen and oxygen atoms in total. The van der Waals surface area contributed by atoms with Crippen LogP contribution in [-0.2, 0) is 4.79 Å². The Morgan fingerprint density at radius 2 is 2.19 bits per heavy atom. The van der Waals surface area contributed by atoms with Crippen molar-refractivity contribution < 1.29 is 9.90 Å². The van der Waals surface area contributed by atoms with Gasteiger partial charge >= 0.3 is 0 Å². The van der Waals surface area contributed by atoms with Gasteiger partial charge in [-0.2, -0.15) is 0 Å². The van der Waals surface area contributed by atoms with Crippen LogP contribution in [0.4, 0.5) is 0 Å². The van der Waals surface area contributed by atoms with Gasteiger partial charge < -0.3 is 5.11 Å². The van der Waals surface area contributed by atoms with Crippen LogP contribution in [0.2, 0.25) is 0 Å². The molecule has 1 rings (SSSR count). The Labute approximate surface area is 97.0 Å². The molecule has 1 heterocycles. The van der Waals surface area contributed by atoms with Crippen molar-refractivity contribution in [2.75, 3.05) is 13.1 Å². The number of likely N-dealkylation sites (tertiary alicyclic amines) is 1. The summed E-state index contributed by atoms with van der Waals surface area (Å²) in [6, 6.07) is -0.194. The van der Waals surface area contributed by atoms with Crippen LogP contribution in [0.3, 0.4) is 0 Å². The molecule has 0 spiro atoms. The number of amides is 1. The normalized spacial score (nSPS) is 29.1. The summed E-state index contributed by atoms with van der Waals surface area (Å²) in [5, 5.41) is 9.66. The van der Waals surface area contributed by atoms with Gasteiger partial charge in [-0.15, -0.1) is 0 Å². The average molecular weight is 229 g/mol. The first kappa shape index (κ1) is 13.4. The molecule has 94 valence electrons. The molecule has 0 radical (unpaired) electrons. The molecule has 0 aromatic rings. The second-order valence-corrected chi connectivity index (χ2v) is 5.03. The lowest BCUT2D eigenvalue weighted by atomic mass is 9.92. The average Bonchev–Trinajstić information content (AvgIpc) is 2.22. The molecule has 1 aliphatic heterocycles. The van der Waals surface area contributed by atoms with Crippen LogP contribution in [0.5, 0.6) is 0 Å². The number of nitrogens with zero attached hydrogens (tertiary/aromatic N) is 1. The number of nitrogens with one attached hydrogen (secondary N) is 1. The first-order chi connectivity index (χ1) is 7.47. The third kappa shape index (κ3) is 2.93. The predicted molar refractivity (Wildman–Crippen MR) is 62.3 cm³/mol. The highest BCUT2D eigenvalue weighted by Gasteiger charge is 2.33. The number of hydrogen-bond acceptors (Lipinski definition) is 4. The molecule has 16 heavy (non-hydrogen) atoms. The minimum atomic E-state index is -0.245. The van der Waals surface area contributed by atoms with Crippen molar-refractivity contribution in [3.8, 4) is 0 Å². The largest absolute Gasteiger partial charge is 0.393 e. The van der Waals surface area contributed by atoms with Gasteiger partial charge in [0.05, 0.1) is 12.1 Å². The number of aliphatic hydroxyl groups is 1. The number of aliphatic hydroxyl groups excluding tert-OH is 1. The van der Waals surface area contributed by atoms with Crippen molar-refractivity contribution in [1.82, 2.24) is 10.3 Å². The Hall–Kier alpha value is -0.650. The van der Waals surface area contributed by atoms with E-state index >= 15 is 0 Å². The molecule has 1 aliphatic rings. The number of carbonyl (C=O) groups is 1. The number of nitrogens with two attached hydrogens (primary N) is 1. The van der Waals surface area contributed by atoms with Crippen LogP contribution >= 0.6 is 0 Å². The molecule has 0 aromatic carbocycles. The van der Waals surface area contributed by atoms with E-state index in [4.69, 9.17) is 5.84 Å². The highest BCUT2D eigenvalue weighted by molar-refractivity contribution is 5.81. The van der Waals surface area contributed by atoms with Gasteiger partial charge in [-0.1, -0.05) is 20.8 Å². The van der Waals surface area contributed by atoms with E-state index < -0.39 is 0 Å². The van der Waals surface area contributed by atoms with Gasteiger partial charge in [-0.3, -0.25) is 15.1 Å². The smallest absolute Gasteiger partial charge is 0.251 e. The van der Waals surface area contributed by atoms with E-state index in [0.717, 1.165) is 19.5 Å². The van der Waals surface area contributed by atoms with Gasteiger partial charge in [0.25, 0.3) is 5.91 Å². The highest BCUT2D eigenvalue weighted by atomic mass is 16.3. The summed E-state index contributed by atoms with van der Waals surface area (Å²) in [5.74, 6) is 5.49. The van der Waals surface area contributed by atoms with Crippen LogP contribution in [0.25, 0.3) is 0 Å². The second-order valence-electron chi connectivity index (χ2n) is 5.03. The van der Waals surface area contributed by atoms with Gasteiger partial charge in [0.1, 0.15) is 0 Å². The monoisotopic (exact) mass is 229 g/mol. The van der Waals surface area contributed by atoms with Crippen molar-refractivity contribution in [2.24, 2.45) is 17.7 Å². The molecule has 0 bridgehead atoms. The molecule has 0 aromatic heterocycles. The summed E-state index contributed by atoms with van der Waals surface area (Å²) >= 11 is 0. The molecule has 1 fully saturated rings. The van der Waals surface area contributed by atoms with E-state index in [1.165, 1.54) is 0 Å². The lowest BCUT2D eigenvalue weighted by molar-refractivity contribution is -0.130. The lowest BCUT2D eigenvalue weighted by Crippen LogP contribution is -2.56. The number of piperidine rings is 1. The molecule has 1 saturated heterocycles. The van der Waals surface area contributed by atoms with Gasteiger partial charge in [-0.05, 0) is 18.3 Å². The summed E-state index contributed by atoms with van der Waals surface area (Å²) in [5.41, 5.74) is 2.23. The number of rotatable bonds is 3. The van der Waals surface area contributed by atoms with Crippen molar-refractivity contribution in [3.63, 3.8) is 0 Å². The molecule has 0 aliphatic carbocycles. The van der Waals surface area contributed by atoms with E-state index in [2.05, 4.69) is 10.3 Å². The van der Waals surface area contributed by atoms with Gasteiger partial charge in [0.15, 0.2) is 0 Å². The second kappa shape index (κ2) is 5.61. The Morgan fingerprint density at radius 3 is 2.62 bits per heavy atom. The van der Waals surface area contributed by atoms with Crippen molar-refractivity contribution in [1.29, 1.82) is 0 Å². The standard InChI is InChI=1S/C11H23N3O2/c1-7(2)10(11(16)13-12)14-5-4-9(15)8(3)6-14/h7-10,15H,4-6,12H2,1-3H3,(H,13,16). The minimum absolute atomic E-state index is 0.140. The summed E-state index contributed by atoms with van der Waals surface area (Å²) in [7, 11) is 0. The summed E-state index contributed by atoms with van der Waals surface area (Å²) in [6.45, 7) is 7.53. The molecule has 3 unspecified atom stereocenters. The molecule has 0 saturated carbocycles. The summed E-state index contributed by atoms with van der Waals surface area (Å²) < 4.78 is 0. The molecule has 3 atom stereocenters. The third-order valence-corrected chi connectivity index (χ3v) is 3.33. The molecule has 4 N–H and O–H groups in total. The summed E-state index contributed by atoms with van der Waals surface area (Å²) in [6.07, 6.45) is 0.479. The fourth-order valence-corrected chi connectivity index (χ4v) is 2.39. The number of carbonyl (C=O) groups excluding carboxylic acids is 1. The van der Waals surface area contributed by atoms with E-state index in [0.29, 0.717) is 0 Å². The van der Waals surface area contributed by atoms with E-state index in [1.54, 1.807) is 0 Å². The van der Waals surface area contributed by atoms with Crippen LogP contribution in [0, 0.1) is 11.8 Å². The Balaban J connectivity index is 2.69. The SMILES string of the molecule is CC(C)C(C(=O)NN)N1CCC(O)C(C)C1. The van der Waals surface area contributed by atoms with E-state index in [-0.39, 0.29) is 29.9 Å². The maximum absolute atomic E-state index is 11.7. The highest BCUT2D eigenvalue weighted by Crippen LogP contribution is 2.21. The quantitative estimate of drug-likeness (QED) is 0.353. The zero-order chi connectivity index (χ0) is 12.3. The summed E-state index contributed by atoms with van der Waals surface area (Å²) in [4.78, 5) is 13.8. The first-order valence-electron chi connectivity index (χ1n) is 5.90.